The molecule has 0 aromatic carbocycles. The molecule has 0 spiro atoms. The number of ether oxygens (including phenoxy) is 2. The molecule has 0 radical (unpaired) electrons. The van der Waals surface area contributed by atoms with Crippen LogP contribution in [0.2, 0.25) is 0 Å². The Hall–Kier alpha value is -0.170. The predicted molar refractivity (Wildman–Crippen MR) is 57.3 cm³/mol. The minimum atomic E-state index is -3.30. The molecule has 15 heavy (non-hydrogen) atoms. The minimum Gasteiger partial charge on any atom is -0.379 e. The summed E-state index contributed by atoms with van der Waals surface area (Å²) in [4.78, 5) is 0. The average Bonchev–Trinajstić information content (AvgIpc) is 2.22. The van der Waals surface area contributed by atoms with Crippen molar-refractivity contribution in [1.29, 1.82) is 0 Å². The molecule has 0 rings (SSSR count). The van der Waals surface area contributed by atoms with Crippen LogP contribution in [-0.2, 0) is 23.8 Å². The van der Waals surface area contributed by atoms with E-state index in [1.165, 1.54) is 0 Å². The number of hydrogen-bond acceptors (Lipinski definition) is 5. The second-order valence-electron chi connectivity index (χ2n) is 2.83. The van der Waals surface area contributed by atoms with Crippen molar-refractivity contribution in [3.05, 3.63) is 0 Å². The van der Waals surface area contributed by atoms with Crippen molar-refractivity contribution in [3.63, 3.8) is 0 Å². The van der Waals surface area contributed by atoms with Crippen LogP contribution in [0.3, 0.4) is 0 Å². The second kappa shape index (κ2) is 9.08. The first-order valence-electron chi connectivity index (χ1n) is 5.15. The van der Waals surface area contributed by atoms with Crippen LogP contribution in [0.5, 0.6) is 0 Å². The van der Waals surface area contributed by atoms with E-state index in [2.05, 4.69) is 4.18 Å². The summed E-state index contributed by atoms with van der Waals surface area (Å²) in [5.74, 6) is 0.0121. The van der Waals surface area contributed by atoms with Crippen LogP contribution in [0.15, 0.2) is 0 Å². The van der Waals surface area contributed by atoms with Crippen molar-refractivity contribution in [2.45, 2.75) is 20.3 Å². The summed E-state index contributed by atoms with van der Waals surface area (Å²) in [6, 6.07) is 0. The van der Waals surface area contributed by atoms with Gasteiger partial charge in [0.25, 0.3) is 10.1 Å². The second-order valence-corrected chi connectivity index (χ2v) is 4.76. The highest BCUT2D eigenvalue weighted by Crippen LogP contribution is 1.94. The van der Waals surface area contributed by atoms with Gasteiger partial charge in [-0.15, -0.1) is 0 Å². The van der Waals surface area contributed by atoms with E-state index in [-0.39, 0.29) is 12.4 Å². The average molecular weight is 240 g/mol. The van der Waals surface area contributed by atoms with Gasteiger partial charge in [0.05, 0.1) is 25.6 Å². The maximum Gasteiger partial charge on any atom is 0.267 e. The summed E-state index contributed by atoms with van der Waals surface area (Å²) in [7, 11) is -3.30. The predicted octanol–water partition coefficient (Wildman–Crippen LogP) is 0.796. The topological polar surface area (TPSA) is 61.8 Å². The molecule has 5 nitrogen and oxygen atoms in total. The molecule has 0 aliphatic carbocycles. The fourth-order valence-corrected chi connectivity index (χ4v) is 1.33. The number of rotatable bonds is 10. The van der Waals surface area contributed by atoms with Gasteiger partial charge in [0.15, 0.2) is 0 Å². The van der Waals surface area contributed by atoms with E-state index in [9.17, 15) is 8.42 Å². The molecule has 0 heterocycles. The third kappa shape index (κ3) is 10.1. The molecule has 0 amide bonds. The molecule has 0 unspecified atom stereocenters. The Morgan fingerprint density at radius 1 is 0.933 bits per heavy atom. The molecule has 0 N–H and O–H groups in total. The van der Waals surface area contributed by atoms with Crippen molar-refractivity contribution in [2.24, 2.45) is 0 Å². The molecule has 0 aliphatic rings. The fraction of sp³-hybridized carbons (Fsp3) is 1.00. The van der Waals surface area contributed by atoms with Crippen molar-refractivity contribution >= 4 is 10.1 Å². The van der Waals surface area contributed by atoms with E-state index < -0.39 is 10.1 Å². The smallest absolute Gasteiger partial charge is 0.267 e. The van der Waals surface area contributed by atoms with E-state index in [1.807, 2.05) is 6.92 Å². The van der Waals surface area contributed by atoms with Crippen LogP contribution in [0.4, 0.5) is 0 Å². The molecule has 0 fully saturated rings. The van der Waals surface area contributed by atoms with Gasteiger partial charge >= 0.3 is 0 Å². The highest BCUT2D eigenvalue weighted by Gasteiger charge is 2.05. The Morgan fingerprint density at radius 3 is 2.20 bits per heavy atom. The monoisotopic (exact) mass is 240 g/mol. The van der Waals surface area contributed by atoms with Crippen molar-refractivity contribution in [1.82, 2.24) is 0 Å². The Morgan fingerprint density at radius 2 is 1.60 bits per heavy atom. The van der Waals surface area contributed by atoms with Gasteiger partial charge in [0.2, 0.25) is 0 Å². The summed E-state index contributed by atoms with van der Waals surface area (Å²) in [6.07, 6.45) is 0.575. The van der Waals surface area contributed by atoms with Gasteiger partial charge in [-0.1, -0.05) is 0 Å². The van der Waals surface area contributed by atoms with Crippen LogP contribution < -0.4 is 0 Å². The maximum atomic E-state index is 10.9. The molecule has 0 saturated carbocycles. The van der Waals surface area contributed by atoms with E-state index in [1.54, 1.807) is 6.92 Å². The third-order valence-electron chi connectivity index (χ3n) is 1.63. The lowest BCUT2D eigenvalue weighted by molar-refractivity contribution is 0.0485. The first kappa shape index (κ1) is 14.8. The lowest BCUT2D eigenvalue weighted by atomic mass is 10.5. The SMILES string of the molecule is CCOCCOCCCOS(=O)(=O)CC. The van der Waals surface area contributed by atoms with E-state index in [0.717, 1.165) is 0 Å². The molecule has 6 heteroatoms. The molecule has 0 aliphatic heterocycles. The van der Waals surface area contributed by atoms with Gasteiger partial charge in [-0.05, 0) is 20.3 Å². The quantitative estimate of drug-likeness (QED) is 0.417. The van der Waals surface area contributed by atoms with Crippen LogP contribution in [0.1, 0.15) is 20.3 Å². The largest absolute Gasteiger partial charge is 0.379 e. The van der Waals surface area contributed by atoms with Crippen LogP contribution in [0, 0.1) is 0 Å². The summed E-state index contributed by atoms with van der Waals surface area (Å²) < 4.78 is 36.7. The van der Waals surface area contributed by atoms with E-state index in [0.29, 0.717) is 32.8 Å². The van der Waals surface area contributed by atoms with E-state index >= 15 is 0 Å². The molecule has 0 saturated heterocycles. The van der Waals surface area contributed by atoms with Crippen molar-refractivity contribution in [3.8, 4) is 0 Å². The van der Waals surface area contributed by atoms with Crippen LogP contribution in [0.25, 0.3) is 0 Å². The van der Waals surface area contributed by atoms with Gasteiger partial charge in [0, 0.05) is 13.2 Å². The summed E-state index contributed by atoms with van der Waals surface area (Å²) in [5.41, 5.74) is 0. The first-order valence-corrected chi connectivity index (χ1v) is 6.72. The molecule has 92 valence electrons. The zero-order valence-corrected chi connectivity index (χ0v) is 10.2. The van der Waals surface area contributed by atoms with Crippen molar-refractivity contribution < 1.29 is 22.1 Å². The molecule has 0 aromatic rings. The molecule has 0 atom stereocenters. The van der Waals surface area contributed by atoms with Gasteiger partial charge in [0.1, 0.15) is 0 Å². The lowest BCUT2D eigenvalue weighted by Crippen LogP contribution is -2.11. The van der Waals surface area contributed by atoms with Gasteiger partial charge in [-0.25, -0.2) is 0 Å². The Labute approximate surface area is 91.8 Å². The highest BCUT2D eigenvalue weighted by molar-refractivity contribution is 7.86. The zero-order valence-electron chi connectivity index (χ0n) is 9.40. The Balaban J connectivity index is 3.19. The summed E-state index contributed by atoms with van der Waals surface area (Å²) in [6.45, 7) is 5.94. The minimum absolute atomic E-state index is 0.0121. The maximum absolute atomic E-state index is 10.9. The molecular weight excluding hydrogens is 220 g/mol. The van der Waals surface area contributed by atoms with Gasteiger partial charge in [-0.2, -0.15) is 8.42 Å². The van der Waals surface area contributed by atoms with Gasteiger partial charge in [-0.3, -0.25) is 4.18 Å². The zero-order chi connectivity index (χ0) is 11.6. The summed E-state index contributed by atoms with van der Waals surface area (Å²) >= 11 is 0. The highest BCUT2D eigenvalue weighted by atomic mass is 32.2. The lowest BCUT2D eigenvalue weighted by Gasteiger charge is -2.05. The van der Waals surface area contributed by atoms with Crippen LogP contribution >= 0.6 is 0 Å². The molecular formula is C9H20O5S. The number of hydrogen-bond donors (Lipinski definition) is 0. The molecule has 0 bridgehead atoms. The fourth-order valence-electron chi connectivity index (χ4n) is 0.794. The summed E-state index contributed by atoms with van der Waals surface area (Å²) in [5, 5.41) is 0. The Kier molecular flexibility index (Phi) is 8.98. The van der Waals surface area contributed by atoms with Crippen LogP contribution in [-0.4, -0.2) is 47.2 Å². The normalized spacial score (nSPS) is 11.9. The van der Waals surface area contributed by atoms with Gasteiger partial charge < -0.3 is 9.47 Å². The van der Waals surface area contributed by atoms with E-state index in [4.69, 9.17) is 9.47 Å². The molecule has 0 aromatic heterocycles. The standard InChI is InChI=1S/C9H20O5S/c1-3-12-8-9-13-6-5-7-14-15(10,11)4-2/h3-9H2,1-2H3. The van der Waals surface area contributed by atoms with Crippen molar-refractivity contribution in [2.75, 3.05) is 38.8 Å². The Bertz CT molecular complexity index is 225. The first-order chi connectivity index (χ1) is 7.12. The third-order valence-corrected chi connectivity index (χ3v) is 2.86.